The normalized spacial score (nSPS) is 22.5. The van der Waals surface area contributed by atoms with E-state index in [1.54, 1.807) is 6.20 Å². The molecular weight excluding hydrogens is 330 g/mol. The van der Waals surface area contributed by atoms with Crippen LogP contribution in [0.1, 0.15) is 71.8 Å². The molecule has 2 fully saturated rings. The van der Waals surface area contributed by atoms with Crippen LogP contribution in [0.15, 0.2) is 6.20 Å². The number of anilines is 1. The number of nitrogens with two attached hydrogens (primary N) is 1. The zero-order valence-corrected chi connectivity index (χ0v) is 14.8. The number of carbonyl (C=O) groups is 1. The lowest BCUT2D eigenvalue weighted by Crippen LogP contribution is -2.40. The van der Waals surface area contributed by atoms with Gasteiger partial charge in [0.25, 0.3) is 5.91 Å². The van der Waals surface area contributed by atoms with E-state index in [-0.39, 0.29) is 11.8 Å². The van der Waals surface area contributed by atoms with E-state index < -0.39 is 0 Å². The maximum absolute atomic E-state index is 13.0. The Balaban J connectivity index is 1.35. The maximum Gasteiger partial charge on any atom is 0.259 e. The van der Waals surface area contributed by atoms with Gasteiger partial charge in [-0.25, -0.2) is 9.97 Å². The first-order valence-electron chi connectivity index (χ1n) is 9.54. The Kier molecular flexibility index (Phi) is 3.65. The molecule has 2 aromatic rings. The lowest BCUT2D eigenvalue weighted by molar-refractivity contribution is 0.0703. The molecule has 1 atom stereocenters. The number of hydrogen-bond acceptors (Lipinski definition) is 6. The molecule has 26 heavy (non-hydrogen) atoms. The third-order valence-corrected chi connectivity index (χ3v) is 5.72. The van der Waals surface area contributed by atoms with Gasteiger partial charge in [0.05, 0.1) is 0 Å². The lowest BCUT2D eigenvalue weighted by Gasteiger charge is -2.32. The Hall–Kier alpha value is -2.51. The maximum atomic E-state index is 13.0. The standard InChI is InChI=1S/C18H23N7O/c19-15-13(9-20-16(21-15)11-5-6-11)18(26)24-7-1-3-12(10-24)17-23-22-14-4-2-8-25(14)17/h9,11-12H,1-8,10H2,(H2,19,20,21). The van der Waals surface area contributed by atoms with Crippen molar-refractivity contribution in [2.24, 2.45) is 0 Å². The van der Waals surface area contributed by atoms with Gasteiger partial charge < -0.3 is 15.2 Å². The number of fused-ring (bicyclic) bond motifs is 1. The molecule has 2 aliphatic heterocycles. The highest BCUT2D eigenvalue weighted by atomic mass is 16.2. The molecular formula is C18H23N7O. The Bertz CT molecular complexity index is 857. The second-order valence-corrected chi connectivity index (χ2v) is 7.62. The van der Waals surface area contributed by atoms with Crippen molar-refractivity contribution >= 4 is 11.7 Å². The Morgan fingerprint density at radius 1 is 1.12 bits per heavy atom. The Labute approximate surface area is 151 Å². The van der Waals surface area contributed by atoms with Gasteiger partial charge in [0.1, 0.15) is 28.9 Å². The van der Waals surface area contributed by atoms with Crippen LogP contribution in [0.5, 0.6) is 0 Å². The van der Waals surface area contributed by atoms with Gasteiger partial charge in [0, 0.05) is 44.1 Å². The summed E-state index contributed by atoms with van der Waals surface area (Å²) in [7, 11) is 0. The van der Waals surface area contributed by atoms with Gasteiger partial charge in [0.15, 0.2) is 0 Å². The van der Waals surface area contributed by atoms with Gasteiger partial charge in [0.2, 0.25) is 0 Å². The van der Waals surface area contributed by atoms with Gasteiger partial charge in [-0.15, -0.1) is 10.2 Å². The van der Waals surface area contributed by atoms with Gasteiger partial charge in [-0.2, -0.15) is 0 Å². The van der Waals surface area contributed by atoms with Crippen LogP contribution < -0.4 is 5.73 Å². The molecule has 0 spiro atoms. The fourth-order valence-electron chi connectivity index (χ4n) is 4.13. The van der Waals surface area contributed by atoms with Crippen molar-refractivity contribution in [3.05, 3.63) is 29.2 Å². The van der Waals surface area contributed by atoms with Crippen LogP contribution in [0.2, 0.25) is 0 Å². The van der Waals surface area contributed by atoms with Crippen molar-refractivity contribution in [1.82, 2.24) is 29.6 Å². The average molecular weight is 353 g/mol. The third kappa shape index (κ3) is 2.64. The second kappa shape index (κ2) is 6.03. The summed E-state index contributed by atoms with van der Waals surface area (Å²) in [5, 5.41) is 8.72. The summed E-state index contributed by atoms with van der Waals surface area (Å²) in [5.41, 5.74) is 6.49. The molecule has 2 aromatic heterocycles. The minimum atomic E-state index is -0.0734. The molecule has 0 bridgehead atoms. The fourth-order valence-corrected chi connectivity index (χ4v) is 4.13. The van der Waals surface area contributed by atoms with Crippen LogP contribution in [-0.2, 0) is 13.0 Å². The van der Waals surface area contributed by atoms with Crippen LogP contribution in [-0.4, -0.2) is 48.6 Å². The number of amides is 1. The van der Waals surface area contributed by atoms with Crippen LogP contribution >= 0.6 is 0 Å². The molecule has 3 aliphatic rings. The van der Waals surface area contributed by atoms with E-state index in [2.05, 4.69) is 24.7 Å². The largest absolute Gasteiger partial charge is 0.383 e. The monoisotopic (exact) mass is 353 g/mol. The summed E-state index contributed by atoms with van der Waals surface area (Å²) in [6.45, 7) is 2.38. The molecule has 0 aromatic carbocycles. The van der Waals surface area contributed by atoms with Crippen LogP contribution in [0.3, 0.4) is 0 Å². The highest BCUT2D eigenvalue weighted by Gasteiger charge is 2.32. The number of hydrogen-bond donors (Lipinski definition) is 1. The van der Waals surface area contributed by atoms with E-state index >= 15 is 0 Å². The van der Waals surface area contributed by atoms with Gasteiger partial charge in [-0.1, -0.05) is 0 Å². The fraction of sp³-hybridized carbons (Fsp3) is 0.611. The van der Waals surface area contributed by atoms with Gasteiger partial charge >= 0.3 is 0 Å². The van der Waals surface area contributed by atoms with E-state index in [9.17, 15) is 4.79 Å². The number of rotatable bonds is 3. The third-order valence-electron chi connectivity index (χ3n) is 5.72. The lowest BCUT2D eigenvalue weighted by atomic mass is 9.96. The predicted octanol–water partition coefficient (Wildman–Crippen LogP) is 1.49. The first-order chi connectivity index (χ1) is 12.7. The number of aromatic nitrogens is 5. The Morgan fingerprint density at radius 3 is 2.81 bits per heavy atom. The van der Waals surface area contributed by atoms with Crippen molar-refractivity contribution < 1.29 is 4.79 Å². The van der Waals surface area contributed by atoms with E-state index in [0.717, 1.165) is 69.1 Å². The van der Waals surface area contributed by atoms with Crippen molar-refractivity contribution in [3.8, 4) is 0 Å². The summed E-state index contributed by atoms with van der Waals surface area (Å²) in [4.78, 5) is 23.6. The number of aryl methyl sites for hydroxylation is 1. The summed E-state index contributed by atoms with van der Waals surface area (Å²) in [5.74, 6) is 3.78. The summed E-state index contributed by atoms with van der Waals surface area (Å²) < 4.78 is 2.24. The molecule has 1 aliphatic carbocycles. The highest BCUT2D eigenvalue weighted by Crippen LogP contribution is 2.38. The average Bonchev–Trinajstić information content (AvgIpc) is 3.27. The number of nitrogens with zero attached hydrogens (tertiary/aromatic N) is 6. The summed E-state index contributed by atoms with van der Waals surface area (Å²) in [6, 6.07) is 0. The second-order valence-electron chi connectivity index (χ2n) is 7.62. The minimum absolute atomic E-state index is 0.0734. The number of piperidine rings is 1. The van der Waals surface area contributed by atoms with E-state index in [1.165, 1.54) is 0 Å². The highest BCUT2D eigenvalue weighted by molar-refractivity contribution is 5.98. The summed E-state index contributed by atoms with van der Waals surface area (Å²) >= 11 is 0. The van der Waals surface area contributed by atoms with Gasteiger partial charge in [-0.3, -0.25) is 4.79 Å². The van der Waals surface area contributed by atoms with Crippen LogP contribution in [0, 0.1) is 0 Å². The predicted molar refractivity (Wildman–Crippen MR) is 94.6 cm³/mol. The molecule has 0 radical (unpaired) electrons. The molecule has 1 saturated carbocycles. The van der Waals surface area contributed by atoms with Crippen molar-refractivity contribution in [3.63, 3.8) is 0 Å². The molecule has 2 N–H and O–H groups in total. The zero-order chi connectivity index (χ0) is 17.7. The number of nitrogen functional groups attached to an aromatic ring is 1. The smallest absolute Gasteiger partial charge is 0.259 e. The van der Waals surface area contributed by atoms with Crippen molar-refractivity contribution in [2.75, 3.05) is 18.8 Å². The zero-order valence-electron chi connectivity index (χ0n) is 14.8. The summed E-state index contributed by atoms with van der Waals surface area (Å²) in [6.07, 6.45) is 7.97. The van der Waals surface area contributed by atoms with Crippen molar-refractivity contribution in [1.29, 1.82) is 0 Å². The minimum Gasteiger partial charge on any atom is -0.383 e. The van der Waals surface area contributed by atoms with Crippen LogP contribution in [0.4, 0.5) is 5.82 Å². The van der Waals surface area contributed by atoms with E-state index in [1.807, 2.05) is 4.90 Å². The first-order valence-corrected chi connectivity index (χ1v) is 9.54. The molecule has 8 heteroatoms. The molecule has 136 valence electrons. The molecule has 1 unspecified atom stereocenters. The molecule has 4 heterocycles. The quantitative estimate of drug-likeness (QED) is 0.897. The van der Waals surface area contributed by atoms with E-state index in [0.29, 0.717) is 23.8 Å². The number of carbonyl (C=O) groups excluding carboxylic acids is 1. The molecule has 8 nitrogen and oxygen atoms in total. The van der Waals surface area contributed by atoms with E-state index in [4.69, 9.17) is 5.73 Å². The SMILES string of the molecule is Nc1nc(C2CC2)ncc1C(=O)N1CCCC(c2nnc3n2CCC3)C1. The van der Waals surface area contributed by atoms with Crippen molar-refractivity contribution in [2.45, 2.75) is 56.9 Å². The topological polar surface area (TPSA) is 103 Å². The first kappa shape index (κ1) is 15.7. The van der Waals surface area contributed by atoms with Crippen LogP contribution in [0.25, 0.3) is 0 Å². The molecule has 5 rings (SSSR count). The number of likely N-dealkylation sites (tertiary alicyclic amines) is 1. The molecule has 1 amide bonds. The molecule has 1 saturated heterocycles. The van der Waals surface area contributed by atoms with Gasteiger partial charge in [-0.05, 0) is 32.1 Å². The Morgan fingerprint density at radius 2 is 2.00 bits per heavy atom.